The fourth-order valence-electron chi connectivity index (χ4n) is 4.69. The van der Waals surface area contributed by atoms with Gasteiger partial charge < -0.3 is 43.4 Å². The SMILES string of the molecule is CCCCOCCn1c(-c2cccc(-c3nc4ccccc4n3CCOCCCC)n2)nc2ccccc21.[Cl-].[Cl-].[Co+2]. The number of rotatable bonds is 14. The summed E-state index contributed by atoms with van der Waals surface area (Å²) in [6, 6.07) is 22.6. The van der Waals surface area contributed by atoms with Crippen LogP contribution in [0, 0.1) is 0 Å². The summed E-state index contributed by atoms with van der Waals surface area (Å²) in [4.78, 5) is 15.0. The van der Waals surface area contributed by atoms with Crippen LogP contribution < -0.4 is 24.8 Å². The first-order valence-corrected chi connectivity index (χ1v) is 13.8. The second-order valence-corrected chi connectivity index (χ2v) is 9.49. The Kier molecular flexibility index (Phi) is 14.8. The molecule has 5 aromatic rings. The average Bonchev–Trinajstić information content (AvgIpc) is 3.52. The standard InChI is InChI=1S/C31H37N5O2.2ClH.Co/c1-3-5-20-37-22-18-35-28-16-9-7-12-24(28)33-30(35)26-14-11-15-27(32-26)31-34-25-13-8-10-17-29(25)36(31)19-23-38-21-6-4-2;;;/h7-17H,3-6,18-23H2,1-2H3;2*1H;/q;;;+2/p-2. The van der Waals surface area contributed by atoms with Crippen molar-refractivity contribution < 1.29 is 51.1 Å². The minimum absolute atomic E-state index is 0. The van der Waals surface area contributed by atoms with Gasteiger partial charge in [0.15, 0.2) is 11.6 Å². The van der Waals surface area contributed by atoms with Gasteiger partial charge in [-0.15, -0.1) is 0 Å². The molecular weight excluding hydrogens is 604 g/mol. The average molecular weight is 642 g/mol. The summed E-state index contributed by atoms with van der Waals surface area (Å²) in [6.45, 7) is 8.64. The van der Waals surface area contributed by atoms with Gasteiger partial charge in [0.1, 0.15) is 11.4 Å². The molecule has 0 amide bonds. The molecule has 10 heteroatoms. The Bertz CT molecular complexity index is 1380. The van der Waals surface area contributed by atoms with Crippen LogP contribution in [0.2, 0.25) is 0 Å². The molecule has 7 nitrogen and oxygen atoms in total. The zero-order chi connectivity index (χ0) is 26.2. The molecule has 0 aliphatic carbocycles. The maximum absolute atomic E-state index is 5.90. The second kappa shape index (κ2) is 17.5. The van der Waals surface area contributed by atoms with Gasteiger partial charge in [0, 0.05) is 26.3 Å². The molecule has 2 aromatic carbocycles. The van der Waals surface area contributed by atoms with Crippen LogP contribution in [-0.2, 0) is 39.3 Å². The zero-order valence-corrected chi connectivity index (χ0v) is 26.1. The van der Waals surface area contributed by atoms with Crippen molar-refractivity contribution in [3.05, 3.63) is 66.7 Å². The minimum Gasteiger partial charge on any atom is -1.00 e. The molecule has 0 fully saturated rings. The van der Waals surface area contributed by atoms with Crippen LogP contribution in [0.3, 0.4) is 0 Å². The molecule has 0 saturated heterocycles. The molecule has 0 N–H and O–H groups in total. The predicted octanol–water partition coefficient (Wildman–Crippen LogP) is 0.754. The summed E-state index contributed by atoms with van der Waals surface area (Å²) in [7, 11) is 0. The Balaban J connectivity index is 0.00000196. The Morgan fingerprint density at radius 2 is 1.00 bits per heavy atom. The number of para-hydroxylation sites is 4. The van der Waals surface area contributed by atoms with E-state index >= 15 is 0 Å². The third kappa shape index (κ3) is 8.31. The van der Waals surface area contributed by atoms with Gasteiger partial charge in [-0.1, -0.05) is 57.0 Å². The van der Waals surface area contributed by atoms with Crippen LogP contribution in [0.5, 0.6) is 0 Å². The van der Waals surface area contributed by atoms with E-state index in [0.717, 1.165) is 97.1 Å². The molecule has 0 aliphatic rings. The first kappa shape index (κ1) is 34.7. The number of hydrogen-bond donors (Lipinski definition) is 0. The molecule has 5 rings (SSSR count). The van der Waals surface area contributed by atoms with Crippen molar-refractivity contribution in [2.75, 3.05) is 26.4 Å². The van der Waals surface area contributed by atoms with E-state index in [0.29, 0.717) is 13.2 Å². The number of halogens is 2. The summed E-state index contributed by atoms with van der Waals surface area (Å²) in [5.74, 6) is 1.69. The molecular formula is C31H37Cl2CoN5O2. The molecule has 221 valence electrons. The summed E-state index contributed by atoms with van der Waals surface area (Å²) >= 11 is 0. The summed E-state index contributed by atoms with van der Waals surface area (Å²) in [5, 5.41) is 0. The van der Waals surface area contributed by atoms with Crippen LogP contribution in [0.25, 0.3) is 45.1 Å². The van der Waals surface area contributed by atoms with Crippen LogP contribution in [0.1, 0.15) is 39.5 Å². The van der Waals surface area contributed by atoms with E-state index in [1.165, 1.54) is 0 Å². The largest absolute Gasteiger partial charge is 2.00 e. The normalized spacial score (nSPS) is 10.8. The van der Waals surface area contributed by atoms with Gasteiger partial charge in [-0.05, 0) is 49.2 Å². The van der Waals surface area contributed by atoms with Crippen LogP contribution >= 0.6 is 0 Å². The predicted molar refractivity (Wildman–Crippen MR) is 153 cm³/mol. The Labute approximate surface area is 265 Å². The number of imidazole rings is 2. The van der Waals surface area contributed by atoms with Crippen molar-refractivity contribution in [3.63, 3.8) is 0 Å². The van der Waals surface area contributed by atoms with Crippen molar-refractivity contribution in [2.24, 2.45) is 0 Å². The summed E-state index contributed by atoms with van der Waals surface area (Å²) < 4.78 is 16.2. The maximum Gasteiger partial charge on any atom is 2.00 e. The van der Waals surface area contributed by atoms with Crippen LogP contribution in [0.15, 0.2) is 66.7 Å². The van der Waals surface area contributed by atoms with Gasteiger partial charge >= 0.3 is 16.8 Å². The Morgan fingerprint density at radius 3 is 1.44 bits per heavy atom. The summed E-state index contributed by atoms with van der Waals surface area (Å²) in [5.41, 5.74) is 5.74. The molecule has 41 heavy (non-hydrogen) atoms. The molecule has 0 bridgehead atoms. The van der Waals surface area contributed by atoms with Crippen molar-refractivity contribution in [1.29, 1.82) is 0 Å². The van der Waals surface area contributed by atoms with Crippen LogP contribution in [-0.4, -0.2) is 50.5 Å². The van der Waals surface area contributed by atoms with Crippen molar-refractivity contribution in [3.8, 4) is 23.0 Å². The van der Waals surface area contributed by atoms with Gasteiger partial charge in [0.25, 0.3) is 0 Å². The van der Waals surface area contributed by atoms with Crippen molar-refractivity contribution >= 4 is 22.1 Å². The number of unbranched alkanes of at least 4 members (excludes halogenated alkanes) is 2. The first-order valence-electron chi connectivity index (χ1n) is 13.8. The number of hydrogen-bond acceptors (Lipinski definition) is 5. The van der Waals surface area contributed by atoms with Gasteiger partial charge in [0.05, 0.1) is 35.3 Å². The van der Waals surface area contributed by atoms with Crippen molar-refractivity contribution in [2.45, 2.75) is 52.6 Å². The third-order valence-electron chi connectivity index (χ3n) is 6.72. The summed E-state index contributed by atoms with van der Waals surface area (Å²) in [6.07, 6.45) is 4.41. The molecule has 3 aromatic heterocycles. The Hall–Kier alpha value is -2.46. The fourth-order valence-corrected chi connectivity index (χ4v) is 4.69. The topological polar surface area (TPSA) is 67.0 Å². The number of benzene rings is 2. The van der Waals surface area contributed by atoms with E-state index in [9.17, 15) is 0 Å². The van der Waals surface area contributed by atoms with E-state index in [4.69, 9.17) is 24.4 Å². The Morgan fingerprint density at radius 1 is 0.561 bits per heavy atom. The molecule has 0 saturated carbocycles. The second-order valence-electron chi connectivity index (χ2n) is 9.49. The molecule has 0 aliphatic heterocycles. The van der Waals surface area contributed by atoms with Gasteiger partial charge in [0.2, 0.25) is 0 Å². The minimum atomic E-state index is 0. The van der Waals surface area contributed by atoms with E-state index in [-0.39, 0.29) is 41.6 Å². The first-order chi connectivity index (χ1) is 18.8. The molecule has 0 atom stereocenters. The number of nitrogens with zero attached hydrogens (tertiary/aromatic N) is 5. The van der Waals surface area contributed by atoms with Crippen LogP contribution in [0.4, 0.5) is 0 Å². The number of aromatic nitrogens is 5. The quantitative estimate of drug-likeness (QED) is 0.168. The number of ether oxygens (including phenoxy) is 2. The molecule has 3 heterocycles. The van der Waals surface area contributed by atoms with E-state index in [2.05, 4.69) is 59.4 Å². The molecule has 0 unspecified atom stereocenters. The zero-order valence-electron chi connectivity index (χ0n) is 23.6. The number of pyridine rings is 1. The fraction of sp³-hybridized carbons (Fsp3) is 0.387. The van der Waals surface area contributed by atoms with Gasteiger partial charge in [-0.3, -0.25) is 0 Å². The van der Waals surface area contributed by atoms with Gasteiger partial charge in [-0.25, -0.2) is 15.0 Å². The monoisotopic (exact) mass is 640 g/mol. The van der Waals surface area contributed by atoms with Gasteiger partial charge in [-0.2, -0.15) is 0 Å². The third-order valence-corrected chi connectivity index (χ3v) is 6.72. The van der Waals surface area contributed by atoms with E-state index in [1.807, 2.05) is 30.3 Å². The van der Waals surface area contributed by atoms with Crippen molar-refractivity contribution in [1.82, 2.24) is 24.1 Å². The van der Waals surface area contributed by atoms with E-state index in [1.54, 1.807) is 0 Å². The smallest absolute Gasteiger partial charge is 1.00 e. The number of fused-ring (bicyclic) bond motifs is 2. The molecule has 0 spiro atoms. The van der Waals surface area contributed by atoms with E-state index < -0.39 is 0 Å². The maximum atomic E-state index is 5.90. The molecule has 1 radical (unpaired) electrons.